The van der Waals surface area contributed by atoms with E-state index in [1.807, 2.05) is 6.07 Å². The number of nitrogens with zero attached hydrogens (tertiary/aromatic N) is 2. The van der Waals surface area contributed by atoms with Crippen molar-refractivity contribution >= 4 is 5.82 Å². The van der Waals surface area contributed by atoms with Crippen LogP contribution < -0.4 is 5.73 Å². The summed E-state index contributed by atoms with van der Waals surface area (Å²) >= 11 is 0. The zero-order valence-electron chi connectivity index (χ0n) is 7.16. The van der Waals surface area contributed by atoms with Gasteiger partial charge in [0.15, 0.2) is 5.82 Å². The van der Waals surface area contributed by atoms with Crippen molar-refractivity contribution in [3.05, 3.63) is 11.8 Å². The molecule has 1 aliphatic heterocycles. The summed E-state index contributed by atoms with van der Waals surface area (Å²) in [5.41, 5.74) is 5.46. The molecule has 1 saturated heterocycles. The zero-order valence-corrected chi connectivity index (χ0v) is 7.16. The second kappa shape index (κ2) is 2.79. The first-order chi connectivity index (χ1) is 5.75. The van der Waals surface area contributed by atoms with E-state index >= 15 is 0 Å². The number of hydrogen-bond acceptors (Lipinski definition) is 4. The topological polar surface area (TPSA) is 55.3 Å². The van der Waals surface area contributed by atoms with Crippen LogP contribution in [0.15, 0.2) is 10.6 Å². The maximum atomic E-state index is 5.46. The summed E-state index contributed by atoms with van der Waals surface area (Å²) in [6.45, 7) is 2.18. The van der Waals surface area contributed by atoms with E-state index < -0.39 is 0 Å². The van der Waals surface area contributed by atoms with Gasteiger partial charge in [0.1, 0.15) is 5.76 Å². The van der Waals surface area contributed by atoms with E-state index in [2.05, 4.69) is 17.1 Å². The van der Waals surface area contributed by atoms with Gasteiger partial charge in [0.25, 0.3) is 0 Å². The maximum absolute atomic E-state index is 5.46. The standard InChI is InChI=1S/C8H13N3O/c1-11-3-2-6(5-11)7-4-8(9)10-12-7/h4,6H,2-3,5H2,1H3,(H2,9,10). The molecule has 66 valence electrons. The van der Waals surface area contributed by atoms with E-state index in [1.165, 1.54) is 0 Å². The first-order valence-electron chi connectivity index (χ1n) is 4.16. The molecular weight excluding hydrogens is 154 g/mol. The molecule has 1 aromatic rings. The van der Waals surface area contributed by atoms with Crippen molar-refractivity contribution in [2.45, 2.75) is 12.3 Å². The lowest BCUT2D eigenvalue weighted by atomic mass is 10.1. The first kappa shape index (κ1) is 7.61. The van der Waals surface area contributed by atoms with Crippen LogP contribution in [0.2, 0.25) is 0 Å². The molecule has 4 nitrogen and oxygen atoms in total. The number of hydrogen-bond donors (Lipinski definition) is 1. The molecule has 1 fully saturated rings. The number of nitrogen functional groups attached to an aromatic ring is 1. The summed E-state index contributed by atoms with van der Waals surface area (Å²) in [7, 11) is 2.11. The first-order valence-corrected chi connectivity index (χ1v) is 4.16. The summed E-state index contributed by atoms with van der Waals surface area (Å²) in [4.78, 5) is 2.28. The number of nitrogens with two attached hydrogens (primary N) is 1. The van der Waals surface area contributed by atoms with Crippen molar-refractivity contribution in [2.24, 2.45) is 0 Å². The lowest BCUT2D eigenvalue weighted by molar-refractivity contribution is 0.352. The fraction of sp³-hybridized carbons (Fsp3) is 0.625. The van der Waals surface area contributed by atoms with Gasteiger partial charge >= 0.3 is 0 Å². The van der Waals surface area contributed by atoms with Gasteiger partial charge in [0, 0.05) is 18.5 Å². The highest BCUT2D eigenvalue weighted by atomic mass is 16.5. The molecule has 12 heavy (non-hydrogen) atoms. The number of anilines is 1. The molecule has 1 aromatic heterocycles. The van der Waals surface area contributed by atoms with Crippen molar-refractivity contribution in [3.63, 3.8) is 0 Å². The maximum Gasteiger partial charge on any atom is 0.167 e. The third kappa shape index (κ3) is 1.30. The van der Waals surface area contributed by atoms with Crippen LogP contribution in [-0.2, 0) is 0 Å². The Balaban J connectivity index is 2.11. The minimum absolute atomic E-state index is 0.486. The molecule has 2 heterocycles. The van der Waals surface area contributed by atoms with Crippen LogP contribution in [0.25, 0.3) is 0 Å². The van der Waals surface area contributed by atoms with Gasteiger partial charge < -0.3 is 15.2 Å². The quantitative estimate of drug-likeness (QED) is 0.668. The Morgan fingerprint density at radius 1 is 1.75 bits per heavy atom. The SMILES string of the molecule is CN1CCC(c2cc(N)no2)C1. The van der Waals surface area contributed by atoms with Gasteiger partial charge in [0.05, 0.1) is 0 Å². The van der Waals surface area contributed by atoms with Crippen molar-refractivity contribution in [2.75, 3.05) is 25.9 Å². The Morgan fingerprint density at radius 2 is 2.58 bits per heavy atom. The van der Waals surface area contributed by atoms with Crippen molar-refractivity contribution in [1.82, 2.24) is 10.1 Å². The van der Waals surface area contributed by atoms with Crippen molar-refractivity contribution in [1.29, 1.82) is 0 Å². The van der Waals surface area contributed by atoms with Gasteiger partial charge in [0.2, 0.25) is 0 Å². The molecule has 0 spiro atoms. The van der Waals surface area contributed by atoms with Gasteiger partial charge in [-0.2, -0.15) is 0 Å². The summed E-state index contributed by atoms with van der Waals surface area (Å²) in [6.07, 6.45) is 1.14. The van der Waals surface area contributed by atoms with Gasteiger partial charge in [-0.1, -0.05) is 5.16 Å². The van der Waals surface area contributed by atoms with Gasteiger partial charge in [-0.3, -0.25) is 0 Å². The number of aromatic nitrogens is 1. The summed E-state index contributed by atoms with van der Waals surface area (Å²) in [5, 5.41) is 3.67. The van der Waals surface area contributed by atoms with E-state index in [-0.39, 0.29) is 0 Å². The average Bonchev–Trinajstić information content (AvgIpc) is 2.58. The fourth-order valence-electron chi connectivity index (χ4n) is 1.66. The van der Waals surface area contributed by atoms with Crippen molar-refractivity contribution < 1.29 is 4.52 Å². The van der Waals surface area contributed by atoms with E-state index in [0.717, 1.165) is 25.3 Å². The van der Waals surface area contributed by atoms with Crippen LogP contribution in [0.5, 0.6) is 0 Å². The van der Waals surface area contributed by atoms with Gasteiger partial charge in [-0.15, -0.1) is 0 Å². The molecule has 0 bridgehead atoms. The molecule has 4 heteroatoms. The third-order valence-electron chi connectivity index (χ3n) is 2.34. The zero-order chi connectivity index (χ0) is 8.55. The smallest absolute Gasteiger partial charge is 0.167 e. The normalized spacial score (nSPS) is 24.9. The van der Waals surface area contributed by atoms with Crippen LogP contribution in [0.1, 0.15) is 18.1 Å². The van der Waals surface area contributed by atoms with Crippen LogP contribution in [0.4, 0.5) is 5.82 Å². The van der Waals surface area contributed by atoms with Gasteiger partial charge in [-0.25, -0.2) is 0 Å². The van der Waals surface area contributed by atoms with Crippen LogP contribution in [0, 0.1) is 0 Å². The second-order valence-corrected chi connectivity index (χ2v) is 3.40. The average molecular weight is 167 g/mol. The molecule has 0 amide bonds. The Hall–Kier alpha value is -1.03. The van der Waals surface area contributed by atoms with E-state index in [4.69, 9.17) is 10.3 Å². The molecule has 2 N–H and O–H groups in total. The second-order valence-electron chi connectivity index (χ2n) is 3.40. The Kier molecular flexibility index (Phi) is 1.77. The molecule has 0 aliphatic carbocycles. The van der Waals surface area contributed by atoms with E-state index in [9.17, 15) is 0 Å². The minimum Gasteiger partial charge on any atom is -0.381 e. The van der Waals surface area contributed by atoms with Crippen LogP contribution >= 0.6 is 0 Å². The van der Waals surface area contributed by atoms with Crippen LogP contribution in [-0.4, -0.2) is 30.2 Å². The monoisotopic (exact) mass is 167 g/mol. The predicted octanol–water partition coefficient (Wildman–Crippen LogP) is 0.676. The molecule has 1 atom stereocenters. The molecule has 1 unspecified atom stereocenters. The van der Waals surface area contributed by atoms with Crippen LogP contribution in [0.3, 0.4) is 0 Å². The lowest BCUT2D eigenvalue weighted by Gasteiger charge is -2.05. The van der Waals surface area contributed by atoms with E-state index in [1.54, 1.807) is 0 Å². The Bertz CT molecular complexity index is 271. The molecule has 0 aromatic carbocycles. The summed E-state index contributed by atoms with van der Waals surface area (Å²) < 4.78 is 5.09. The minimum atomic E-state index is 0.486. The third-order valence-corrected chi connectivity index (χ3v) is 2.34. The number of rotatable bonds is 1. The number of likely N-dealkylation sites (N-methyl/N-ethyl adjacent to an activating group) is 1. The number of likely N-dealkylation sites (tertiary alicyclic amines) is 1. The highest BCUT2D eigenvalue weighted by Gasteiger charge is 2.24. The molecule has 0 saturated carbocycles. The van der Waals surface area contributed by atoms with Crippen molar-refractivity contribution in [3.8, 4) is 0 Å². The largest absolute Gasteiger partial charge is 0.381 e. The van der Waals surface area contributed by atoms with E-state index in [0.29, 0.717) is 11.7 Å². The Morgan fingerprint density at radius 3 is 3.08 bits per heavy atom. The summed E-state index contributed by atoms with van der Waals surface area (Å²) in [5.74, 6) is 1.90. The van der Waals surface area contributed by atoms with Gasteiger partial charge in [-0.05, 0) is 20.0 Å². The molecule has 2 rings (SSSR count). The Labute approximate surface area is 71.3 Å². The highest BCUT2D eigenvalue weighted by Crippen LogP contribution is 2.26. The fourth-order valence-corrected chi connectivity index (χ4v) is 1.66. The molecular formula is C8H13N3O. The lowest BCUT2D eigenvalue weighted by Crippen LogP contribution is -2.13. The molecule has 0 radical (unpaired) electrons. The highest BCUT2D eigenvalue weighted by molar-refractivity contribution is 5.28. The predicted molar refractivity (Wildman–Crippen MR) is 45.8 cm³/mol. The summed E-state index contributed by atoms with van der Waals surface area (Å²) in [6, 6.07) is 1.82. The molecule has 1 aliphatic rings.